The van der Waals surface area contributed by atoms with Gasteiger partial charge in [-0.05, 0) is 171 Å². The van der Waals surface area contributed by atoms with Crippen LogP contribution in [0.4, 0.5) is 22.7 Å². The molecule has 1 aliphatic rings. The molecule has 61 heavy (non-hydrogen) atoms. The van der Waals surface area contributed by atoms with E-state index >= 15 is 0 Å². The molecular formula is C56H42N4O. The van der Waals surface area contributed by atoms with Crippen LogP contribution in [0.25, 0.3) is 21.8 Å². The molecule has 0 saturated heterocycles. The van der Waals surface area contributed by atoms with Crippen molar-refractivity contribution in [1.82, 2.24) is 9.97 Å². The van der Waals surface area contributed by atoms with Gasteiger partial charge in [0.05, 0.1) is 29.0 Å². The molecule has 6 aromatic carbocycles. The first-order chi connectivity index (χ1) is 30.0. The topological polar surface area (TPSA) is 61.6 Å². The van der Waals surface area contributed by atoms with Crippen LogP contribution in [0.3, 0.4) is 0 Å². The summed E-state index contributed by atoms with van der Waals surface area (Å²) in [5.74, 6) is 20.1. The number of benzene rings is 6. The van der Waals surface area contributed by atoms with E-state index in [1.54, 1.807) is 0 Å². The van der Waals surface area contributed by atoms with E-state index in [-0.39, 0.29) is 6.61 Å². The van der Waals surface area contributed by atoms with Gasteiger partial charge in [-0.25, -0.2) is 0 Å². The van der Waals surface area contributed by atoms with Crippen LogP contribution in [0, 0.1) is 35.5 Å². The molecule has 0 spiro atoms. The first-order valence-electron chi connectivity index (χ1n) is 20.8. The highest BCUT2D eigenvalue weighted by Gasteiger charge is 2.14. The largest absolute Gasteiger partial charge is 0.390 e. The molecule has 3 heterocycles. The summed E-state index contributed by atoms with van der Waals surface area (Å²) in [5, 5.41) is 11.5. The zero-order valence-electron chi connectivity index (χ0n) is 34.2. The van der Waals surface area contributed by atoms with E-state index in [0.717, 1.165) is 109 Å². The van der Waals surface area contributed by atoms with Gasteiger partial charge in [0.15, 0.2) is 0 Å². The third kappa shape index (κ3) is 8.97. The van der Waals surface area contributed by atoms with Crippen LogP contribution in [-0.2, 0) is 19.4 Å². The summed E-state index contributed by atoms with van der Waals surface area (Å²) in [6.45, 7) is 4.21. The third-order valence-corrected chi connectivity index (χ3v) is 10.9. The maximum atomic E-state index is 9.45. The summed E-state index contributed by atoms with van der Waals surface area (Å²) in [5.41, 5.74) is 15.8. The molecule has 5 heteroatoms. The predicted molar refractivity (Wildman–Crippen MR) is 250 cm³/mol. The molecule has 0 radical (unpaired) electrons. The SMILES string of the molecule is CCC1=Nc2ccc(C#Cc3ccc(N(c4ccc(C#Cc5ccc6nc(CC)ccc6c5)cc4)c4ccc(C#Cc5ccc6nc(CO)ccc6c5)cc4)cc3)cc2CC1. The molecule has 5 nitrogen and oxygen atoms in total. The second-order valence-electron chi connectivity index (χ2n) is 15.0. The van der Waals surface area contributed by atoms with Crippen molar-refractivity contribution >= 4 is 50.3 Å². The fourth-order valence-electron chi connectivity index (χ4n) is 7.47. The van der Waals surface area contributed by atoms with E-state index in [2.05, 4.69) is 168 Å². The number of nitrogens with zero attached hydrogens (tertiary/aromatic N) is 4. The summed E-state index contributed by atoms with van der Waals surface area (Å²) in [6.07, 6.45) is 3.95. The minimum absolute atomic E-state index is 0.0808. The monoisotopic (exact) mass is 786 g/mol. The lowest BCUT2D eigenvalue weighted by molar-refractivity contribution is 0.277. The summed E-state index contributed by atoms with van der Waals surface area (Å²) < 4.78 is 0. The van der Waals surface area contributed by atoms with Gasteiger partial charge in [-0.15, -0.1) is 0 Å². The van der Waals surface area contributed by atoms with Crippen LogP contribution in [0.15, 0.2) is 157 Å². The van der Waals surface area contributed by atoms with Crippen LogP contribution in [-0.4, -0.2) is 20.8 Å². The second-order valence-corrected chi connectivity index (χ2v) is 15.0. The maximum Gasteiger partial charge on any atom is 0.0853 e. The number of aliphatic hydroxyl groups is 1. The molecule has 2 aromatic heterocycles. The summed E-state index contributed by atoms with van der Waals surface area (Å²) >= 11 is 0. The first-order valence-corrected chi connectivity index (χ1v) is 20.8. The average molecular weight is 787 g/mol. The summed E-state index contributed by atoms with van der Waals surface area (Å²) in [7, 11) is 0. The average Bonchev–Trinajstić information content (AvgIpc) is 3.32. The van der Waals surface area contributed by atoms with Gasteiger partial charge in [0.2, 0.25) is 0 Å². The lowest BCUT2D eigenvalue weighted by atomic mass is 9.98. The molecular weight excluding hydrogens is 745 g/mol. The number of aliphatic imine (C=N–C) groups is 1. The maximum absolute atomic E-state index is 9.45. The second kappa shape index (κ2) is 17.6. The minimum Gasteiger partial charge on any atom is -0.390 e. The number of aryl methyl sites for hydroxylation is 2. The van der Waals surface area contributed by atoms with Crippen molar-refractivity contribution in [2.45, 2.75) is 46.1 Å². The molecule has 0 aliphatic carbocycles. The van der Waals surface area contributed by atoms with Gasteiger partial charge in [0, 0.05) is 72.6 Å². The molecule has 8 aromatic rings. The quantitative estimate of drug-likeness (QED) is 0.171. The smallest absolute Gasteiger partial charge is 0.0853 e. The summed E-state index contributed by atoms with van der Waals surface area (Å²) in [4.78, 5) is 16.3. The van der Waals surface area contributed by atoms with Crippen molar-refractivity contribution in [3.05, 3.63) is 202 Å². The molecule has 0 bridgehead atoms. The van der Waals surface area contributed by atoms with Crippen molar-refractivity contribution in [1.29, 1.82) is 0 Å². The Labute approximate surface area is 357 Å². The van der Waals surface area contributed by atoms with Crippen molar-refractivity contribution in [2.75, 3.05) is 4.90 Å². The van der Waals surface area contributed by atoms with Crippen molar-refractivity contribution in [3.63, 3.8) is 0 Å². The fraction of sp³-hybridized carbons (Fsp3) is 0.125. The highest BCUT2D eigenvalue weighted by Crippen LogP contribution is 2.35. The fourth-order valence-corrected chi connectivity index (χ4v) is 7.47. The van der Waals surface area contributed by atoms with Gasteiger partial charge in [-0.1, -0.05) is 61.5 Å². The van der Waals surface area contributed by atoms with E-state index in [0.29, 0.717) is 5.69 Å². The third-order valence-electron chi connectivity index (χ3n) is 10.9. The number of hydrogen-bond acceptors (Lipinski definition) is 5. The number of rotatable bonds is 6. The number of aromatic nitrogens is 2. The van der Waals surface area contributed by atoms with E-state index in [1.165, 1.54) is 11.3 Å². The highest BCUT2D eigenvalue weighted by molar-refractivity contribution is 5.89. The van der Waals surface area contributed by atoms with Crippen LogP contribution in [0.5, 0.6) is 0 Å². The van der Waals surface area contributed by atoms with Gasteiger partial charge in [0.25, 0.3) is 0 Å². The normalized spacial score (nSPS) is 11.6. The summed E-state index contributed by atoms with van der Waals surface area (Å²) in [6, 6.07) is 51.6. The van der Waals surface area contributed by atoms with E-state index < -0.39 is 0 Å². The van der Waals surface area contributed by atoms with Gasteiger partial charge >= 0.3 is 0 Å². The van der Waals surface area contributed by atoms with Crippen LogP contribution in [0.1, 0.15) is 77.0 Å². The number of hydrogen-bond donors (Lipinski definition) is 1. The Kier molecular flexibility index (Phi) is 11.2. The Balaban J connectivity index is 0.986. The first kappa shape index (κ1) is 38.8. The molecule has 1 aliphatic heterocycles. The Morgan fingerprint density at radius 1 is 0.459 bits per heavy atom. The lowest BCUT2D eigenvalue weighted by Crippen LogP contribution is -2.10. The molecule has 292 valence electrons. The van der Waals surface area contributed by atoms with Crippen LogP contribution in [0.2, 0.25) is 0 Å². The molecule has 1 N–H and O–H groups in total. The number of fused-ring (bicyclic) bond motifs is 3. The highest BCUT2D eigenvalue weighted by atomic mass is 16.3. The molecule has 9 rings (SSSR count). The van der Waals surface area contributed by atoms with Gasteiger partial charge in [-0.3, -0.25) is 15.0 Å². The molecule has 0 saturated carbocycles. The number of aliphatic hydroxyl groups excluding tert-OH is 1. The van der Waals surface area contributed by atoms with E-state index in [4.69, 9.17) is 9.98 Å². The zero-order chi connectivity index (χ0) is 41.5. The lowest BCUT2D eigenvalue weighted by Gasteiger charge is -2.25. The van der Waals surface area contributed by atoms with Crippen molar-refractivity contribution in [3.8, 4) is 35.5 Å². The Hall–Kier alpha value is -7.75. The Morgan fingerprint density at radius 3 is 1.39 bits per heavy atom. The van der Waals surface area contributed by atoms with Crippen LogP contribution >= 0.6 is 0 Å². The molecule has 0 unspecified atom stereocenters. The minimum atomic E-state index is -0.0808. The Bertz CT molecular complexity index is 3000. The van der Waals surface area contributed by atoms with Crippen molar-refractivity contribution in [2.24, 2.45) is 4.99 Å². The van der Waals surface area contributed by atoms with Crippen molar-refractivity contribution < 1.29 is 5.11 Å². The van der Waals surface area contributed by atoms with E-state index in [9.17, 15) is 5.11 Å². The number of anilines is 3. The zero-order valence-corrected chi connectivity index (χ0v) is 34.2. The molecule has 0 fully saturated rings. The number of pyridine rings is 2. The molecule has 0 atom stereocenters. The van der Waals surface area contributed by atoms with E-state index in [1.807, 2.05) is 42.5 Å². The molecule has 0 amide bonds. The Morgan fingerprint density at radius 2 is 0.902 bits per heavy atom. The van der Waals surface area contributed by atoms with Gasteiger partial charge in [0.1, 0.15) is 0 Å². The predicted octanol–water partition coefficient (Wildman–Crippen LogP) is 11.9. The van der Waals surface area contributed by atoms with Gasteiger partial charge in [-0.2, -0.15) is 0 Å². The van der Waals surface area contributed by atoms with Gasteiger partial charge < -0.3 is 10.0 Å². The van der Waals surface area contributed by atoms with Crippen LogP contribution < -0.4 is 4.90 Å². The standard InChI is InChI=1S/C56H42N4O/c1-3-48-23-20-45-35-42(17-32-54(45)57-48)8-5-39-11-26-51(27-12-39)60(52-28-13-40(14-29-52)6-9-43-18-33-55-46(36-43)21-24-49(4-2)58-55)53-30-15-41(16-31-53)7-10-44-19-34-56-47(37-44)22-25-50(38-61)59-56/h11-20,22-23,25-37,61H,3-4,21,24,38H2,1-2H3.